The Balaban J connectivity index is 1.69. The summed E-state index contributed by atoms with van der Waals surface area (Å²) >= 11 is 0. The summed E-state index contributed by atoms with van der Waals surface area (Å²) in [5.74, 6) is -1.64. The van der Waals surface area contributed by atoms with Crippen molar-refractivity contribution in [1.29, 1.82) is 0 Å². The molecular formula is C18H25FN6O6. The molecule has 31 heavy (non-hydrogen) atoms. The summed E-state index contributed by atoms with van der Waals surface area (Å²) in [5, 5.41) is 30.3. The lowest BCUT2D eigenvalue weighted by atomic mass is 10.1. The van der Waals surface area contributed by atoms with E-state index < -0.39 is 48.0 Å². The zero-order chi connectivity index (χ0) is 22.5. The number of ether oxygens (including phenoxy) is 2. The van der Waals surface area contributed by atoms with Gasteiger partial charge in [-0.1, -0.05) is 25.0 Å². The minimum Gasteiger partial charge on any atom is -0.449 e. The van der Waals surface area contributed by atoms with Crippen LogP contribution in [-0.4, -0.2) is 65.8 Å². The maximum absolute atomic E-state index is 14.4. The van der Waals surface area contributed by atoms with Crippen LogP contribution in [0.4, 0.5) is 15.0 Å². The number of unbranched alkanes of at least 4 members (excludes halogenated alkanes) is 2. The fourth-order valence-electron chi connectivity index (χ4n) is 3.14. The summed E-state index contributed by atoms with van der Waals surface area (Å²) in [5.41, 5.74) is -0.338. The molecule has 170 valence electrons. The first kappa shape index (κ1) is 22.8. The van der Waals surface area contributed by atoms with E-state index in [0.29, 0.717) is 16.7 Å². The average Bonchev–Trinajstić information content (AvgIpc) is 3.26. The number of aryl methyl sites for hydroxylation is 1. The maximum Gasteiger partial charge on any atom is 0.412 e. The summed E-state index contributed by atoms with van der Waals surface area (Å²) in [6.45, 7) is 3.95. The SMILES string of the molecule is CCCCCOC(=O)Nc1nc(=O)n(C2OC(Cn3cc(C)nn3)C(O)C2O)cc1F. The van der Waals surface area contributed by atoms with Gasteiger partial charge in [0.1, 0.15) is 18.3 Å². The number of amides is 1. The molecule has 13 heteroatoms. The number of carbonyl (C=O) groups excluding carboxylic acids is 1. The van der Waals surface area contributed by atoms with Crippen LogP contribution in [0.25, 0.3) is 0 Å². The maximum atomic E-state index is 14.4. The van der Waals surface area contributed by atoms with Crippen molar-refractivity contribution in [3.05, 3.63) is 34.4 Å². The molecule has 3 heterocycles. The highest BCUT2D eigenvalue weighted by Gasteiger charge is 2.44. The standard InChI is InChI=1S/C18H25FN6O6/c1-3-4-5-6-30-18(29)21-15-11(19)8-25(17(28)20-15)16-14(27)13(26)12(31-16)9-24-7-10(2)22-23-24/h7-8,12-14,16,26-27H,3-6,9H2,1-2H3,(H,20,21,28,29). The number of aliphatic hydroxyl groups is 2. The van der Waals surface area contributed by atoms with Crippen molar-refractivity contribution >= 4 is 11.9 Å². The number of aromatic nitrogens is 5. The van der Waals surface area contributed by atoms with Crippen molar-refractivity contribution in [2.45, 2.75) is 64.2 Å². The Bertz CT molecular complexity index is 965. The zero-order valence-electron chi connectivity index (χ0n) is 17.1. The number of hydrogen-bond donors (Lipinski definition) is 3. The molecule has 1 fully saturated rings. The fraction of sp³-hybridized carbons (Fsp3) is 0.611. The van der Waals surface area contributed by atoms with Gasteiger partial charge < -0.3 is 19.7 Å². The smallest absolute Gasteiger partial charge is 0.412 e. The summed E-state index contributed by atoms with van der Waals surface area (Å²) in [6.07, 6.45) is -1.27. The monoisotopic (exact) mass is 440 g/mol. The van der Waals surface area contributed by atoms with Crippen molar-refractivity contribution in [2.75, 3.05) is 11.9 Å². The lowest BCUT2D eigenvalue weighted by Crippen LogP contribution is -2.36. The van der Waals surface area contributed by atoms with Crippen LogP contribution in [0.5, 0.6) is 0 Å². The van der Waals surface area contributed by atoms with Crippen LogP contribution in [0.2, 0.25) is 0 Å². The molecule has 0 bridgehead atoms. The van der Waals surface area contributed by atoms with Gasteiger partial charge in [-0.15, -0.1) is 5.10 Å². The lowest BCUT2D eigenvalue weighted by molar-refractivity contribution is -0.0453. The molecule has 4 unspecified atom stereocenters. The predicted molar refractivity (Wildman–Crippen MR) is 104 cm³/mol. The van der Waals surface area contributed by atoms with Crippen molar-refractivity contribution in [1.82, 2.24) is 24.5 Å². The minimum atomic E-state index is -1.52. The number of hydrogen-bond acceptors (Lipinski definition) is 9. The number of nitrogens with one attached hydrogen (secondary N) is 1. The largest absolute Gasteiger partial charge is 0.449 e. The number of anilines is 1. The molecule has 0 aliphatic carbocycles. The molecule has 12 nitrogen and oxygen atoms in total. The van der Waals surface area contributed by atoms with E-state index in [9.17, 15) is 24.2 Å². The number of nitrogens with zero attached hydrogens (tertiary/aromatic N) is 5. The fourth-order valence-corrected chi connectivity index (χ4v) is 3.14. The third-order valence-electron chi connectivity index (χ3n) is 4.74. The van der Waals surface area contributed by atoms with Crippen molar-refractivity contribution in [3.8, 4) is 0 Å². The Kier molecular flexibility index (Phi) is 7.30. The molecule has 0 spiro atoms. The van der Waals surface area contributed by atoms with Gasteiger partial charge in [0.2, 0.25) is 0 Å². The lowest BCUT2D eigenvalue weighted by Gasteiger charge is -2.17. The van der Waals surface area contributed by atoms with E-state index in [1.807, 2.05) is 6.92 Å². The predicted octanol–water partition coefficient (Wildman–Crippen LogP) is 0.340. The summed E-state index contributed by atoms with van der Waals surface area (Å²) in [4.78, 5) is 27.6. The molecule has 3 rings (SSSR count). The van der Waals surface area contributed by atoms with Crippen LogP contribution in [0.15, 0.2) is 17.2 Å². The number of carbonyl (C=O) groups is 1. The quantitative estimate of drug-likeness (QED) is 0.493. The van der Waals surface area contributed by atoms with Crippen molar-refractivity contribution in [2.24, 2.45) is 0 Å². The first-order chi connectivity index (χ1) is 14.8. The Morgan fingerprint density at radius 2 is 2.10 bits per heavy atom. The third kappa shape index (κ3) is 5.42. The van der Waals surface area contributed by atoms with E-state index in [1.54, 1.807) is 13.1 Å². The minimum absolute atomic E-state index is 0.0593. The molecule has 1 amide bonds. The van der Waals surface area contributed by atoms with E-state index in [0.717, 1.165) is 19.0 Å². The molecule has 2 aromatic rings. The van der Waals surface area contributed by atoms with Crippen LogP contribution < -0.4 is 11.0 Å². The van der Waals surface area contributed by atoms with Gasteiger partial charge in [-0.3, -0.25) is 9.88 Å². The molecule has 3 N–H and O–H groups in total. The van der Waals surface area contributed by atoms with Gasteiger partial charge in [-0.25, -0.2) is 18.7 Å². The summed E-state index contributed by atoms with van der Waals surface area (Å²) < 4.78 is 27.0. The molecule has 0 radical (unpaired) electrons. The van der Waals surface area contributed by atoms with Crippen LogP contribution >= 0.6 is 0 Å². The second kappa shape index (κ2) is 9.94. The van der Waals surface area contributed by atoms with E-state index in [2.05, 4.69) is 20.6 Å². The normalized spacial score (nSPS) is 23.1. The zero-order valence-corrected chi connectivity index (χ0v) is 17.1. The van der Waals surface area contributed by atoms with Crippen molar-refractivity contribution in [3.63, 3.8) is 0 Å². The van der Waals surface area contributed by atoms with E-state index >= 15 is 0 Å². The van der Waals surface area contributed by atoms with Gasteiger partial charge in [-0.2, -0.15) is 4.98 Å². The number of rotatable bonds is 8. The molecule has 1 aliphatic rings. The highest BCUT2D eigenvalue weighted by Crippen LogP contribution is 2.29. The molecule has 0 aromatic carbocycles. The topological polar surface area (TPSA) is 154 Å². The van der Waals surface area contributed by atoms with Gasteiger partial charge in [-0.05, 0) is 13.3 Å². The average molecular weight is 440 g/mol. The summed E-state index contributed by atoms with van der Waals surface area (Å²) in [7, 11) is 0. The Hall–Kier alpha value is -2.90. The molecule has 4 atom stereocenters. The van der Waals surface area contributed by atoms with Crippen LogP contribution in [0.3, 0.4) is 0 Å². The van der Waals surface area contributed by atoms with E-state index in [1.165, 1.54) is 4.68 Å². The van der Waals surface area contributed by atoms with Gasteiger partial charge in [0, 0.05) is 6.20 Å². The van der Waals surface area contributed by atoms with Crippen LogP contribution in [0, 0.1) is 12.7 Å². The second-order valence-electron chi connectivity index (χ2n) is 7.22. The highest BCUT2D eigenvalue weighted by molar-refractivity contribution is 5.83. The summed E-state index contributed by atoms with van der Waals surface area (Å²) in [6, 6.07) is 0. The van der Waals surface area contributed by atoms with Crippen LogP contribution in [0.1, 0.15) is 38.1 Å². The molecule has 0 saturated carbocycles. The first-order valence-corrected chi connectivity index (χ1v) is 9.91. The third-order valence-corrected chi connectivity index (χ3v) is 4.74. The Labute approximate surface area is 176 Å². The molecule has 2 aromatic heterocycles. The van der Waals surface area contributed by atoms with Gasteiger partial charge in [0.15, 0.2) is 17.9 Å². The highest BCUT2D eigenvalue weighted by atomic mass is 19.1. The second-order valence-corrected chi connectivity index (χ2v) is 7.22. The number of aliphatic hydroxyl groups excluding tert-OH is 2. The van der Waals surface area contributed by atoms with Gasteiger partial charge in [0.25, 0.3) is 0 Å². The van der Waals surface area contributed by atoms with Gasteiger partial charge in [0.05, 0.1) is 25.0 Å². The number of halogens is 1. The molecule has 1 aliphatic heterocycles. The van der Waals surface area contributed by atoms with E-state index in [4.69, 9.17) is 9.47 Å². The van der Waals surface area contributed by atoms with Crippen molar-refractivity contribution < 1.29 is 28.9 Å². The Morgan fingerprint density at radius 3 is 2.77 bits per heavy atom. The molecule has 1 saturated heterocycles. The Morgan fingerprint density at radius 1 is 1.32 bits per heavy atom. The van der Waals surface area contributed by atoms with Crippen LogP contribution in [-0.2, 0) is 16.0 Å². The molecular weight excluding hydrogens is 415 g/mol. The first-order valence-electron chi connectivity index (χ1n) is 9.91. The van der Waals surface area contributed by atoms with Gasteiger partial charge >= 0.3 is 11.8 Å². The van der Waals surface area contributed by atoms with E-state index in [-0.39, 0.29) is 13.2 Å².